The number of piperazine rings is 1. The molecule has 2 heteroatoms. The summed E-state index contributed by atoms with van der Waals surface area (Å²) in [6.45, 7) is 15.2. The van der Waals surface area contributed by atoms with E-state index in [0.29, 0.717) is 6.04 Å². The molecule has 1 fully saturated rings. The number of hydrogen-bond acceptors (Lipinski definition) is 2. The van der Waals surface area contributed by atoms with Crippen LogP contribution in [0.3, 0.4) is 0 Å². The maximum Gasteiger partial charge on any atom is 0.0244 e. The number of rotatable bonds is 4. The van der Waals surface area contributed by atoms with Crippen molar-refractivity contribution in [3.8, 4) is 0 Å². The molecule has 0 radical (unpaired) electrons. The van der Waals surface area contributed by atoms with E-state index in [9.17, 15) is 0 Å². The molecule has 90 valence electrons. The third kappa shape index (κ3) is 3.18. The van der Waals surface area contributed by atoms with Gasteiger partial charge in [-0.3, -0.25) is 4.90 Å². The standard InChI is InChI=1S/C13H28N2/c1-6-11(5)12-9-15(7-2)13(8-14-12)10(3)4/h10-14H,6-9H2,1-5H3. The zero-order valence-electron chi connectivity index (χ0n) is 11.1. The Kier molecular flexibility index (Phi) is 5.07. The van der Waals surface area contributed by atoms with Gasteiger partial charge in [-0.15, -0.1) is 0 Å². The zero-order chi connectivity index (χ0) is 11.4. The minimum Gasteiger partial charge on any atom is -0.311 e. The molecule has 1 heterocycles. The minimum absolute atomic E-state index is 0.699. The largest absolute Gasteiger partial charge is 0.311 e. The van der Waals surface area contributed by atoms with Gasteiger partial charge < -0.3 is 5.32 Å². The van der Waals surface area contributed by atoms with Crippen molar-refractivity contribution in [2.24, 2.45) is 11.8 Å². The molecular formula is C13H28N2. The van der Waals surface area contributed by atoms with Crippen LogP contribution in [0.2, 0.25) is 0 Å². The molecule has 0 saturated carbocycles. The Labute approximate surface area is 95.4 Å². The fraction of sp³-hybridized carbons (Fsp3) is 1.00. The third-order valence-electron chi connectivity index (χ3n) is 4.00. The normalized spacial score (nSPS) is 30.8. The van der Waals surface area contributed by atoms with Gasteiger partial charge in [-0.1, -0.05) is 41.0 Å². The maximum absolute atomic E-state index is 3.72. The first-order valence-electron chi connectivity index (χ1n) is 6.57. The van der Waals surface area contributed by atoms with E-state index in [1.165, 1.54) is 26.1 Å². The SMILES string of the molecule is CCC(C)C1CN(CC)C(C(C)C)CN1. The summed E-state index contributed by atoms with van der Waals surface area (Å²) in [6, 6.07) is 1.43. The lowest BCUT2D eigenvalue weighted by Gasteiger charge is -2.43. The summed E-state index contributed by atoms with van der Waals surface area (Å²) in [6.07, 6.45) is 1.28. The topological polar surface area (TPSA) is 15.3 Å². The molecule has 0 amide bonds. The van der Waals surface area contributed by atoms with E-state index in [2.05, 4.69) is 44.8 Å². The van der Waals surface area contributed by atoms with Crippen LogP contribution < -0.4 is 5.32 Å². The maximum atomic E-state index is 3.72. The van der Waals surface area contributed by atoms with Crippen molar-refractivity contribution >= 4 is 0 Å². The van der Waals surface area contributed by atoms with Gasteiger partial charge in [0.15, 0.2) is 0 Å². The molecule has 0 aromatic rings. The van der Waals surface area contributed by atoms with Gasteiger partial charge in [0.25, 0.3) is 0 Å². The fourth-order valence-corrected chi connectivity index (χ4v) is 2.54. The first-order chi connectivity index (χ1) is 7.10. The lowest BCUT2D eigenvalue weighted by atomic mass is 9.92. The summed E-state index contributed by atoms with van der Waals surface area (Å²) >= 11 is 0. The Morgan fingerprint density at radius 3 is 2.40 bits per heavy atom. The molecule has 1 aliphatic rings. The minimum atomic E-state index is 0.699. The van der Waals surface area contributed by atoms with Crippen molar-refractivity contribution in [1.82, 2.24) is 10.2 Å². The Hall–Kier alpha value is -0.0800. The van der Waals surface area contributed by atoms with Crippen LogP contribution >= 0.6 is 0 Å². The second kappa shape index (κ2) is 5.86. The molecule has 0 spiro atoms. The number of likely N-dealkylation sites (N-methyl/N-ethyl adjacent to an activating group) is 1. The van der Waals surface area contributed by atoms with Crippen molar-refractivity contribution in [2.45, 2.75) is 53.1 Å². The van der Waals surface area contributed by atoms with E-state index in [-0.39, 0.29) is 0 Å². The Balaban J connectivity index is 2.54. The van der Waals surface area contributed by atoms with Gasteiger partial charge in [0, 0.05) is 25.2 Å². The van der Waals surface area contributed by atoms with Gasteiger partial charge in [0.1, 0.15) is 0 Å². The van der Waals surface area contributed by atoms with Crippen LogP contribution in [0.1, 0.15) is 41.0 Å². The smallest absolute Gasteiger partial charge is 0.0244 e. The quantitative estimate of drug-likeness (QED) is 0.769. The van der Waals surface area contributed by atoms with Gasteiger partial charge in [-0.25, -0.2) is 0 Å². The van der Waals surface area contributed by atoms with Crippen LogP contribution in [0.25, 0.3) is 0 Å². The highest BCUT2D eigenvalue weighted by Crippen LogP contribution is 2.19. The molecular weight excluding hydrogens is 184 g/mol. The molecule has 15 heavy (non-hydrogen) atoms. The lowest BCUT2D eigenvalue weighted by Crippen LogP contribution is -2.59. The predicted molar refractivity (Wildman–Crippen MR) is 67.1 cm³/mol. The first-order valence-corrected chi connectivity index (χ1v) is 6.57. The van der Waals surface area contributed by atoms with Crippen molar-refractivity contribution in [2.75, 3.05) is 19.6 Å². The molecule has 1 N–H and O–H groups in total. The van der Waals surface area contributed by atoms with Crippen LogP contribution in [0.4, 0.5) is 0 Å². The van der Waals surface area contributed by atoms with Crippen LogP contribution in [-0.2, 0) is 0 Å². The Morgan fingerprint density at radius 1 is 1.27 bits per heavy atom. The summed E-state index contributed by atoms with van der Waals surface area (Å²) in [5, 5.41) is 3.72. The highest BCUT2D eigenvalue weighted by Gasteiger charge is 2.30. The molecule has 2 nitrogen and oxygen atoms in total. The molecule has 0 aromatic carbocycles. The number of nitrogens with zero attached hydrogens (tertiary/aromatic N) is 1. The van der Waals surface area contributed by atoms with Crippen LogP contribution in [-0.4, -0.2) is 36.6 Å². The summed E-state index contributed by atoms with van der Waals surface area (Å²) < 4.78 is 0. The van der Waals surface area contributed by atoms with Gasteiger partial charge in [0.2, 0.25) is 0 Å². The van der Waals surface area contributed by atoms with Gasteiger partial charge in [0.05, 0.1) is 0 Å². The second-order valence-electron chi connectivity index (χ2n) is 5.30. The highest BCUT2D eigenvalue weighted by molar-refractivity contribution is 4.89. The van der Waals surface area contributed by atoms with Crippen molar-refractivity contribution in [3.05, 3.63) is 0 Å². The van der Waals surface area contributed by atoms with E-state index in [1.54, 1.807) is 0 Å². The van der Waals surface area contributed by atoms with E-state index in [1.807, 2.05) is 0 Å². The van der Waals surface area contributed by atoms with E-state index in [4.69, 9.17) is 0 Å². The highest BCUT2D eigenvalue weighted by atomic mass is 15.2. The average Bonchev–Trinajstić information content (AvgIpc) is 2.26. The molecule has 0 aliphatic carbocycles. The lowest BCUT2D eigenvalue weighted by molar-refractivity contribution is 0.0873. The van der Waals surface area contributed by atoms with Crippen molar-refractivity contribution < 1.29 is 0 Å². The predicted octanol–water partition coefficient (Wildman–Crippen LogP) is 2.35. The van der Waals surface area contributed by atoms with Crippen LogP contribution in [0.15, 0.2) is 0 Å². The molecule has 1 aliphatic heterocycles. The van der Waals surface area contributed by atoms with Crippen LogP contribution in [0, 0.1) is 11.8 Å². The molecule has 1 saturated heterocycles. The molecule has 3 atom stereocenters. The first kappa shape index (κ1) is 13.0. The van der Waals surface area contributed by atoms with Gasteiger partial charge in [-0.2, -0.15) is 0 Å². The second-order valence-corrected chi connectivity index (χ2v) is 5.30. The summed E-state index contributed by atoms with van der Waals surface area (Å²) in [5.41, 5.74) is 0. The summed E-state index contributed by atoms with van der Waals surface area (Å²) in [5.74, 6) is 1.56. The molecule has 3 unspecified atom stereocenters. The summed E-state index contributed by atoms with van der Waals surface area (Å²) in [4.78, 5) is 2.65. The van der Waals surface area contributed by atoms with E-state index in [0.717, 1.165) is 17.9 Å². The van der Waals surface area contributed by atoms with Gasteiger partial charge in [-0.05, 0) is 18.4 Å². The molecule has 0 bridgehead atoms. The Bertz CT molecular complexity index is 179. The fourth-order valence-electron chi connectivity index (χ4n) is 2.54. The monoisotopic (exact) mass is 212 g/mol. The zero-order valence-corrected chi connectivity index (χ0v) is 11.1. The summed E-state index contributed by atoms with van der Waals surface area (Å²) in [7, 11) is 0. The molecule has 0 aromatic heterocycles. The van der Waals surface area contributed by atoms with Gasteiger partial charge >= 0.3 is 0 Å². The Morgan fingerprint density at radius 2 is 1.93 bits per heavy atom. The van der Waals surface area contributed by atoms with Crippen LogP contribution in [0.5, 0.6) is 0 Å². The number of nitrogens with one attached hydrogen (secondary N) is 1. The third-order valence-corrected chi connectivity index (χ3v) is 4.00. The van der Waals surface area contributed by atoms with Crippen molar-refractivity contribution in [1.29, 1.82) is 0 Å². The number of hydrogen-bond donors (Lipinski definition) is 1. The van der Waals surface area contributed by atoms with Crippen molar-refractivity contribution in [3.63, 3.8) is 0 Å². The van der Waals surface area contributed by atoms with E-state index >= 15 is 0 Å². The van der Waals surface area contributed by atoms with E-state index < -0.39 is 0 Å². The average molecular weight is 212 g/mol. The molecule has 1 rings (SSSR count).